The van der Waals surface area contributed by atoms with Gasteiger partial charge in [-0.15, -0.1) is 0 Å². The number of rotatable bonds is 3. The topological polar surface area (TPSA) is 12.0 Å². The van der Waals surface area contributed by atoms with Crippen molar-refractivity contribution in [2.75, 3.05) is 13.6 Å². The monoisotopic (exact) mass is 185 g/mol. The van der Waals surface area contributed by atoms with Crippen molar-refractivity contribution in [3.63, 3.8) is 0 Å². The molecule has 1 rings (SSSR count). The molecule has 0 aliphatic rings. The molecule has 0 bridgehead atoms. The van der Waals surface area contributed by atoms with E-state index in [1.54, 1.807) is 20.0 Å². The molecule has 0 saturated carbocycles. The minimum atomic E-state index is -0.758. The fourth-order valence-corrected chi connectivity index (χ4v) is 1.24. The maximum Gasteiger partial charge on any atom is 0.162 e. The first kappa shape index (κ1) is 10.1. The van der Waals surface area contributed by atoms with Crippen LogP contribution in [0.3, 0.4) is 0 Å². The average molecular weight is 185 g/mol. The van der Waals surface area contributed by atoms with Crippen LogP contribution in [0.2, 0.25) is 0 Å². The number of aryl methyl sites for hydroxylation is 1. The van der Waals surface area contributed by atoms with E-state index in [4.69, 9.17) is 0 Å². The van der Waals surface area contributed by atoms with Crippen LogP contribution in [0.25, 0.3) is 0 Å². The Bertz CT molecular complexity index is 297. The highest BCUT2D eigenvalue weighted by atomic mass is 19.2. The Morgan fingerprint density at radius 1 is 1.31 bits per heavy atom. The fourth-order valence-electron chi connectivity index (χ4n) is 1.24. The molecule has 72 valence electrons. The first-order valence-electron chi connectivity index (χ1n) is 4.24. The van der Waals surface area contributed by atoms with E-state index in [2.05, 4.69) is 5.32 Å². The molecular weight excluding hydrogens is 172 g/mol. The quantitative estimate of drug-likeness (QED) is 0.759. The van der Waals surface area contributed by atoms with Crippen LogP contribution >= 0.6 is 0 Å². The Balaban J connectivity index is 2.92. The highest BCUT2D eigenvalue weighted by molar-refractivity contribution is 5.25. The Morgan fingerprint density at radius 3 is 2.62 bits per heavy atom. The molecule has 0 aliphatic carbocycles. The van der Waals surface area contributed by atoms with E-state index in [1.165, 1.54) is 6.07 Å². The summed E-state index contributed by atoms with van der Waals surface area (Å²) in [5, 5.41) is 2.89. The smallest absolute Gasteiger partial charge is 0.162 e. The number of halogens is 2. The van der Waals surface area contributed by atoms with Gasteiger partial charge < -0.3 is 5.32 Å². The van der Waals surface area contributed by atoms with Crippen LogP contribution in [-0.4, -0.2) is 13.6 Å². The summed E-state index contributed by atoms with van der Waals surface area (Å²) < 4.78 is 26.0. The molecule has 13 heavy (non-hydrogen) atoms. The summed E-state index contributed by atoms with van der Waals surface area (Å²) in [5.74, 6) is -1.48. The molecule has 0 spiro atoms. The Labute approximate surface area is 76.8 Å². The molecule has 0 aliphatic heterocycles. The molecule has 1 aromatic rings. The third-order valence-corrected chi connectivity index (χ3v) is 1.89. The number of nitrogens with one attached hydrogen (secondary N) is 1. The van der Waals surface area contributed by atoms with Crippen LogP contribution in [0.1, 0.15) is 11.1 Å². The second-order valence-corrected chi connectivity index (χ2v) is 3.07. The van der Waals surface area contributed by atoms with Gasteiger partial charge in [0.05, 0.1) is 0 Å². The lowest BCUT2D eigenvalue weighted by molar-refractivity contribution is 0.496. The van der Waals surface area contributed by atoms with Crippen LogP contribution in [0, 0.1) is 18.6 Å². The summed E-state index contributed by atoms with van der Waals surface area (Å²) in [6.07, 6.45) is 0.515. The fraction of sp³-hybridized carbons (Fsp3) is 0.400. The van der Waals surface area contributed by atoms with E-state index < -0.39 is 11.6 Å². The van der Waals surface area contributed by atoms with Crippen LogP contribution in [0.4, 0.5) is 8.78 Å². The van der Waals surface area contributed by atoms with Gasteiger partial charge in [0.1, 0.15) is 0 Å². The standard InChI is InChI=1S/C10H13F2N/c1-7-5-8(3-4-13-2)10(12)9(11)6-7/h5-6,13H,3-4H2,1-2H3. The molecule has 0 saturated heterocycles. The van der Waals surface area contributed by atoms with Crippen molar-refractivity contribution < 1.29 is 8.78 Å². The molecule has 3 heteroatoms. The third-order valence-electron chi connectivity index (χ3n) is 1.89. The minimum absolute atomic E-state index is 0.437. The number of hydrogen-bond donors (Lipinski definition) is 1. The summed E-state index contributed by atoms with van der Waals surface area (Å²) in [6.45, 7) is 2.41. The van der Waals surface area contributed by atoms with Crippen LogP contribution in [0.5, 0.6) is 0 Å². The second-order valence-electron chi connectivity index (χ2n) is 3.07. The summed E-state index contributed by atoms with van der Waals surface area (Å²) in [6, 6.07) is 2.88. The van der Waals surface area contributed by atoms with Gasteiger partial charge in [-0.3, -0.25) is 0 Å². The molecule has 0 aromatic heterocycles. The maximum absolute atomic E-state index is 13.1. The van der Waals surface area contributed by atoms with E-state index in [9.17, 15) is 8.78 Å². The highest BCUT2D eigenvalue weighted by Gasteiger charge is 2.08. The van der Waals surface area contributed by atoms with Crippen molar-refractivity contribution in [2.45, 2.75) is 13.3 Å². The van der Waals surface area contributed by atoms with Gasteiger partial charge in [-0.25, -0.2) is 8.78 Å². The zero-order valence-electron chi connectivity index (χ0n) is 7.82. The lowest BCUT2D eigenvalue weighted by atomic mass is 10.1. The highest BCUT2D eigenvalue weighted by Crippen LogP contribution is 2.14. The summed E-state index contributed by atoms with van der Waals surface area (Å²) in [4.78, 5) is 0. The molecule has 0 amide bonds. The Morgan fingerprint density at radius 2 is 2.00 bits per heavy atom. The average Bonchev–Trinajstić information content (AvgIpc) is 2.09. The van der Waals surface area contributed by atoms with E-state index in [0.29, 0.717) is 18.5 Å². The van der Waals surface area contributed by atoms with Gasteiger partial charge in [-0.2, -0.15) is 0 Å². The van der Waals surface area contributed by atoms with Gasteiger partial charge in [0.25, 0.3) is 0 Å². The second kappa shape index (κ2) is 4.33. The van der Waals surface area contributed by atoms with Crippen LogP contribution < -0.4 is 5.32 Å². The summed E-state index contributed by atoms with van der Waals surface area (Å²) in [5.41, 5.74) is 1.19. The first-order valence-corrected chi connectivity index (χ1v) is 4.24. The van der Waals surface area contributed by atoms with E-state index in [0.717, 1.165) is 5.56 Å². The Kier molecular flexibility index (Phi) is 3.37. The molecular formula is C10H13F2N. The van der Waals surface area contributed by atoms with Crippen molar-refractivity contribution in [3.05, 3.63) is 34.9 Å². The number of hydrogen-bond acceptors (Lipinski definition) is 1. The molecule has 1 aromatic carbocycles. The number of benzene rings is 1. The maximum atomic E-state index is 13.1. The van der Waals surface area contributed by atoms with Crippen molar-refractivity contribution in [1.82, 2.24) is 5.32 Å². The lowest BCUT2D eigenvalue weighted by Crippen LogP contribution is -2.11. The largest absolute Gasteiger partial charge is 0.319 e. The van der Waals surface area contributed by atoms with Crippen molar-refractivity contribution in [1.29, 1.82) is 0 Å². The van der Waals surface area contributed by atoms with Gasteiger partial charge in [0, 0.05) is 0 Å². The van der Waals surface area contributed by atoms with Crippen LogP contribution in [-0.2, 0) is 6.42 Å². The predicted molar refractivity (Wildman–Crippen MR) is 48.7 cm³/mol. The van der Waals surface area contributed by atoms with Gasteiger partial charge in [-0.05, 0) is 44.1 Å². The normalized spacial score (nSPS) is 10.5. The molecule has 0 unspecified atom stereocenters. The zero-order valence-corrected chi connectivity index (χ0v) is 7.82. The van der Waals surface area contributed by atoms with Crippen LogP contribution in [0.15, 0.2) is 12.1 Å². The molecule has 0 atom stereocenters. The minimum Gasteiger partial charge on any atom is -0.319 e. The van der Waals surface area contributed by atoms with E-state index >= 15 is 0 Å². The molecule has 0 radical (unpaired) electrons. The van der Waals surface area contributed by atoms with Crippen molar-refractivity contribution >= 4 is 0 Å². The number of likely N-dealkylation sites (N-methyl/N-ethyl adjacent to an activating group) is 1. The van der Waals surface area contributed by atoms with Gasteiger partial charge in [0.2, 0.25) is 0 Å². The molecule has 0 heterocycles. The lowest BCUT2D eigenvalue weighted by Gasteiger charge is -2.04. The van der Waals surface area contributed by atoms with Gasteiger partial charge >= 0.3 is 0 Å². The molecule has 1 nitrogen and oxygen atoms in total. The summed E-state index contributed by atoms with van der Waals surface area (Å²) >= 11 is 0. The van der Waals surface area contributed by atoms with E-state index in [1.807, 2.05) is 0 Å². The van der Waals surface area contributed by atoms with Gasteiger partial charge in [-0.1, -0.05) is 6.07 Å². The SMILES string of the molecule is CNCCc1cc(C)cc(F)c1F. The van der Waals surface area contributed by atoms with Gasteiger partial charge in [0.15, 0.2) is 11.6 Å². The van der Waals surface area contributed by atoms with Crippen molar-refractivity contribution in [2.24, 2.45) is 0 Å². The van der Waals surface area contributed by atoms with E-state index in [-0.39, 0.29) is 0 Å². The van der Waals surface area contributed by atoms with Crippen molar-refractivity contribution in [3.8, 4) is 0 Å². The third kappa shape index (κ3) is 2.49. The predicted octanol–water partition coefficient (Wildman–Crippen LogP) is 2.04. The molecule has 0 fully saturated rings. The Hall–Kier alpha value is -0.960. The molecule has 1 N–H and O–H groups in total. The zero-order chi connectivity index (χ0) is 9.84. The summed E-state index contributed by atoms with van der Waals surface area (Å²) in [7, 11) is 1.78. The first-order chi connectivity index (χ1) is 6.15.